The lowest BCUT2D eigenvalue weighted by Gasteiger charge is -2.10. The number of benzene rings is 1. The zero-order valence-corrected chi connectivity index (χ0v) is 9.26. The van der Waals surface area contributed by atoms with Crippen LogP contribution in [0.4, 0.5) is 13.2 Å². The van der Waals surface area contributed by atoms with Crippen LogP contribution in [0.25, 0.3) is 0 Å². The number of carbonyl (C=O) groups is 1. The minimum absolute atomic E-state index is 0.318. The Morgan fingerprint density at radius 1 is 1.29 bits per heavy atom. The zero-order chi connectivity index (χ0) is 13.4. The summed E-state index contributed by atoms with van der Waals surface area (Å²) >= 11 is 0. The maximum atomic E-state index is 12.3. The molecule has 94 valence electrons. The lowest BCUT2D eigenvalue weighted by Crippen LogP contribution is -2.12. The fourth-order valence-electron chi connectivity index (χ4n) is 1.18. The minimum Gasteiger partial charge on any atom is -0.478 e. The number of aromatic carboxylic acids is 1. The Balaban J connectivity index is 3.57. The molecule has 0 bridgehead atoms. The average molecular weight is 274 g/mol. The van der Waals surface area contributed by atoms with Crippen LogP contribution >= 0.6 is 0 Å². The number of carboxylic acid groups (broad SMARTS) is 1. The van der Waals surface area contributed by atoms with Crippen LogP contribution in [0.3, 0.4) is 0 Å². The molecule has 4 nitrogen and oxygen atoms in total. The first-order valence-corrected chi connectivity index (χ1v) is 6.07. The summed E-state index contributed by atoms with van der Waals surface area (Å²) < 4.78 is 59.5. The summed E-state index contributed by atoms with van der Waals surface area (Å²) in [5.41, 5.74) is -1.89. The summed E-state index contributed by atoms with van der Waals surface area (Å²) in [6, 6.07) is 1.47. The second-order valence-electron chi connectivity index (χ2n) is 3.29. The number of hydrogen-bond acceptors (Lipinski definition) is 3. The fraction of sp³-hybridized carbons (Fsp3) is 0.222. The van der Waals surface area contributed by atoms with Crippen molar-refractivity contribution in [3.05, 3.63) is 29.3 Å². The van der Waals surface area contributed by atoms with E-state index in [1.165, 1.54) is 0 Å². The third kappa shape index (κ3) is 2.96. The molecular formula is C9H7F3O4S. The minimum atomic E-state index is -4.73. The maximum Gasteiger partial charge on any atom is 0.416 e. The second-order valence-corrected chi connectivity index (χ2v) is 5.27. The fourth-order valence-corrected chi connectivity index (χ4v) is 2.08. The normalized spacial score (nSPS) is 12.5. The van der Waals surface area contributed by atoms with Crippen molar-refractivity contribution in [3.8, 4) is 0 Å². The van der Waals surface area contributed by atoms with Gasteiger partial charge in [-0.3, -0.25) is 0 Å². The SMILES string of the molecule is CS(=O)(=O)[13c]1[13cH][13c](C(F)(F)F)[13cH][13cH][13c]1C(=O)O. The lowest BCUT2D eigenvalue weighted by molar-refractivity contribution is -0.137. The van der Waals surface area contributed by atoms with Gasteiger partial charge in [-0.05, 0) is 18.2 Å². The number of sulfone groups is 1. The van der Waals surface area contributed by atoms with Crippen LogP contribution in [0.1, 0.15) is 15.9 Å². The quantitative estimate of drug-likeness (QED) is 0.892. The lowest BCUT2D eigenvalue weighted by atomic mass is 10.8. The van der Waals surface area contributed by atoms with Gasteiger partial charge in [-0.1, -0.05) is 0 Å². The highest BCUT2D eigenvalue weighted by atomic mass is 32.2. The number of rotatable bonds is 2. The molecule has 0 aliphatic rings. The number of carboxylic acids is 1. The van der Waals surface area contributed by atoms with Gasteiger partial charge in [0.2, 0.25) is 0 Å². The Morgan fingerprint density at radius 3 is 2.18 bits per heavy atom. The molecule has 0 unspecified atom stereocenters. The van der Waals surface area contributed by atoms with Crippen LogP contribution in [0.15, 0.2) is 23.1 Å². The molecule has 0 saturated carbocycles. The van der Waals surface area contributed by atoms with E-state index in [1.807, 2.05) is 0 Å². The van der Waals surface area contributed by atoms with E-state index in [4.69, 9.17) is 5.11 Å². The molecule has 0 radical (unpaired) electrons. The van der Waals surface area contributed by atoms with Gasteiger partial charge in [0.05, 0.1) is 16.0 Å². The van der Waals surface area contributed by atoms with Gasteiger partial charge in [-0.25, -0.2) is 13.2 Å². The molecule has 0 spiro atoms. The molecule has 1 N–H and O–H groups in total. The molecular weight excluding hydrogens is 267 g/mol. The molecule has 0 amide bonds. The molecule has 1 rings (SSSR count). The highest BCUT2D eigenvalue weighted by Gasteiger charge is 2.32. The van der Waals surface area contributed by atoms with E-state index in [2.05, 4.69) is 0 Å². The molecule has 1 aromatic rings. The van der Waals surface area contributed by atoms with E-state index in [9.17, 15) is 26.4 Å². The average Bonchev–Trinajstić information content (AvgIpc) is 2.14. The molecule has 0 aliphatic carbocycles. The van der Waals surface area contributed by atoms with Crippen molar-refractivity contribution in [2.75, 3.05) is 6.26 Å². The summed E-state index contributed by atoms with van der Waals surface area (Å²) in [6.45, 7) is 0. The van der Waals surface area contributed by atoms with Crippen molar-refractivity contribution >= 4 is 15.8 Å². The van der Waals surface area contributed by atoms with Gasteiger partial charge < -0.3 is 5.11 Å². The predicted octanol–water partition coefficient (Wildman–Crippen LogP) is 1.81. The molecule has 0 saturated heterocycles. The van der Waals surface area contributed by atoms with Crippen LogP contribution in [0, 0.1) is 0 Å². The first kappa shape index (κ1) is 13.5. The van der Waals surface area contributed by atoms with Gasteiger partial charge in [0.25, 0.3) is 0 Å². The van der Waals surface area contributed by atoms with Crippen LogP contribution in [0.5, 0.6) is 0 Å². The smallest absolute Gasteiger partial charge is 0.416 e. The van der Waals surface area contributed by atoms with Crippen molar-refractivity contribution in [2.45, 2.75) is 11.1 Å². The van der Waals surface area contributed by atoms with E-state index in [0.717, 1.165) is 0 Å². The summed E-state index contributed by atoms with van der Waals surface area (Å²) in [6.07, 6.45) is -4.08. The van der Waals surface area contributed by atoms with E-state index >= 15 is 0 Å². The van der Waals surface area contributed by atoms with E-state index in [-0.39, 0.29) is 0 Å². The third-order valence-corrected chi connectivity index (χ3v) is 3.08. The molecule has 17 heavy (non-hydrogen) atoms. The standard InChI is InChI=1S/C9H7F3O4S/c1-17(15,16)7-4-5(9(10,11)12)2-3-6(7)8(13)14/h2-4H,1H3,(H,13,14)/i2+1,3+1,4+1,5+1,6+1,7+1. The number of halogens is 3. The van der Waals surface area contributed by atoms with Crippen molar-refractivity contribution < 1.29 is 31.5 Å². The Bertz CT molecular complexity index is 560. The Kier molecular flexibility index (Phi) is 3.19. The van der Waals surface area contributed by atoms with Gasteiger partial charge in [0.15, 0.2) is 9.84 Å². The first-order chi connectivity index (χ1) is 7.53. The van der Waals surface area contributed by atoms with E-state index in [0.29, 0.717) is 24.5 Å². The third-order valence-electron chi connectivity index (χ3n) is 1.94. The summed E-state index contributed by atoms with van der Waals surface area (Å²) in [7, 11) is -4.04. The van der Waals surface area contributed by atoms with Gasteiger partial charge in [-0.15, -0.1) is 0 Å². The largest absolute Gasteiger partial charge is 0.478 e. The summed E-state index contributed by atoms with van der Waals surface area (Å²) in [5, 5.41) is 8.68. The van der Waals surface area contributed by atoms with Crippen LogP contribution in [0.2, 0.25) is 0 Å². The predicted molar refractivity (Wildman–Crippen MR) is 51.5 cm³/mol. The molecule has 1 aromatic carbocycles. The van der Waals surface area contributed by atoms with E-state index < -0.39 is 38.0 Å². The molecule has 0 aromatic heterocycles. The highest BCUT2D eigenvalue weighted by molar-refractivity contribution is 7.90. The van der Waals surface area contributed by atoms with Crippen LogP contribution in [-0.2, 0) is 16.0 Å². The summed E-state index contributed by atoms with van der Waals surface area (Å²) in [5.74, 6) is -1.60. The summed E-state index contributed by atoms with van der Waals surface area (Å²) in [4.78, 5) is 9.84. The molecule has 0 fully saturated rings. The van der Waals surface area contributed by atoms with Crippen molar-refractivity contribution in [1.29, 1.82) is 0 Å². The van der Waals surface area contributed by atoms with Gasteiger partial charge in [0, 0.05) is 6.26 Å². The van der Waals surface area contributed by atoms with Crippen molar-refractivity contribution in [1.82, 2.24) is 0 Å². The van der Waals surface area contributed by atoms with Crippen LogP contribution in [-0.4, -0.2) is 25.7 Å². The Labute approximate surface area is 94.6 Å². The van der Waals surface area contributed by atoms with Crippen molar-refractivity contribution in [3.63, 3.8) is 0 Å². The molecule has 0 heterocycles. The van der Waals surface area contributed by atoms with Crippen LogP contribution < -0.4 is 0 Å². The molecule has 8 heteroatoms. The Morgan fingerprint density at radius 2 is 1.82 bits per heavy atom. The maximum absolute atomic E-state index is 12.3. The van der Waals surface area contributed by atoms with E-state index in [1.54, 1.807) is 0 Å². The molecule has 0 atom stereocenters. The highest BCUT2D eigenvalue weighted by Crippen LogP contribution is 2.31. The topological polar surface area (TPSA) is 71.4 Å². The first-order valence-electron chi connectivity index (χ1n) is 4.18. The number of hydrogen-bond donors (Lipinski definition) is 1. The van der Waals surface area contributed by atoms with Gasteiger partial charge in [0.1, 0.15) is 0 Å². The van der Waals surface area contributed by atoms with Crippen molar-refractivity contribution in [2.24, 2.45) is 0 Å². The zero-order valence-electron chi connectivity index (χ0n) is 8.45. The number of alkyl halides is 3. The second kappa shape index (κ2) is 4.02. The van der Waals surface area contributed by atoms with Gasteiger partial charge >= 0.3 is 12.1 Å². The Hall–Kier alpha value is -1.57. The monoisotopic (exact) mass is 274 g/mol. The molecule has 0 aliphatic heterocycles. The van der Waals surface area contributed by atoms with Gasteiger partial charge in [-0.2, -0.15) is 13.2 Å².